The van der Waals surface area contributed by atoms with Gasteiger partial charge in [-0.2, -0.15) is 0 Å². The van der Waals surface area contributed by atoms with Crippen LogP contribution in [0, 0.1) is 50.2 Å². The number of fused-ring (bicyclic) bond motifs is 7. The largest absolute Gasteiger partial charge is 0.481 e. The van der Waals surface area contributed by atoms with Crippen molar-refractivity contribution in [2.45, 2.75) is 112 Å². The minimum atomic E-state index is -0.980. The summed E-state index contributed by atoms with van der Waals surface area (Å²) < 4.78 is 6.32. The highest BCUT2D eigenvalue weighted by Crippen LogP contribution is 2.77. The number of carbonyl (C=O) groups is 1. The number of rotatable bonds is 1. The SMILES string of the molecule is CC1(C)CC[C@]2(C(=O)O)CC[C@]3(C)C(=CC[C@@H]4[C@]56CCC(O)(OC5)C(C)(C)[C@@H]6CC[C@]43C)[C@@H]2C1. The van der Waals surface area contributed by atoms with Crippen molar-refractivity contribution < 1.29 is 19.7 Å². The van der Waals surface area contributed by atoms with Gasteiger partial charge < -0.3 is 14.9 Å². The molecular weight excluding hydrogens is 424 g/mol. The Labute approximate surface area is 205 Å². The van der Waals surface area contributed by atoms with E-state index in [1.807, 2.05) is 0 Å². The maximum atomic E-state index is 12.8. The molecule has 4 heteroatoms. The fraction of sp³-hybridized carbons (Fsp3) is 0.900. The molecule has 0 aromatic rings. The fourth-order valence-electron chi connectivity index (χ4n) is 11.0. The van der Waals surface area contributed by atoms with Crippen molar-refractivity contribution in [2.75, 3.05) is 6.61 Å². The van der Waals surface area contributed by atoms with E-state index < -0.39 is 17.2 Å². The van der Waals surface area contributed by atoms with Gasteiger partial charge in [-0.05, 0) is 91.8 Å². The molecule has 2 N–H and O–H groups in total. The van der Waals surface area contributed by atoms with Crippen molar-refractivity contribution in [3.05, 3.63) is 11.6 Å². The monoisotopic (exact) mass is 470 g/mol. The van der Waals surface area contributed by atoms with Crippen LogP contribution in [0.2, 0.25) is 0 Å². The van der Waals surface area contributed by atoms with Crippen LogP contribution in [0.1, 0.15) is 106 Å². The van der Waals surface area contributed by atoms with Crippen molar-refractivity contribution in [1.29, 1.82) is 0 Å². The first-order chi connectivity index (χ1) is 15.7. The van der Waals surface area contributed by atoms with Crippen LogP contribution >= 0.6 is 0 Å². The Hall–Kier alpha value is -0.870. The summed E-state index contributed by atoms with van der Waals surface area (Å²) in [6.07, 6.45) is 12.3. The molecule has 8 atom stereocenters. The number of carboxylic acids is 1. The number of aliphatic carboxylic acids is 1. The van der Waals surface area contributed by atoms with Crippen molar-refractivity contribution in [1.82, 2.24) is 0 Å². The third-order valence-electron chi connectivity index (χ3n) is 13.5. The predicted molar refractivity (Wildman–Crippen MR) is 132 cm³/mol. The van der Waals surface area contributed by atoms with Crippen LogP contribution < -0.4 is 0 Å². The number of allylic oxidation sites excluding steroid dienone is 2. The van der Waals surface area contributed by atoms with Gasteiger partial charge in [0.1, 0.15) is 0 Å². The lowest BCUT2D eigenvalue weighted by atomic mass is 9.32. The summed E-state index contributed by atoms with van der Waals surface area (Å²) in [5.41, 5.74) is 1.20. The quantitative estimate of drug-likeness (QED) is 0.425. The molecule has 0 aromatic heterocycles. The molecule has 2 bridgehead atoms. The Kier molecular flexibility index (Phi) is 4.51. The Morgan fingerprint density at radius 1 is 0.941 bits per heavy atom. The Morgan fingerprint density at radius 3 is 2.29 bits per heavy atom. The number of ether oxygens (including phenoxy) is 1. The van der Waals surface area contributed by atoms with Crippen LogP contribution in [0.4, 0.5) is 0 Å². The summed E-state index contributed by atoms with van der Waals surface area (Å²) in [6.45, 7) is 14.9. The molecule has 190 valence electrons. The third-order valence-corrected chi connectivity index (χ3v) is 13.5. The average molecular weight is 471 g/mol. The normalized spacial score (nSPS) is 54.7. The zero-order valence-electron chi connectivity index (χ0n) is 22.3. The van der Waals surface area contributed by atoms with Gasteiger partial charge in [-0.1, -0.05) is 53.2 Å². The van der Waals surface area contributed by atoms with Gasteiger partial charge in [0.05, 0.1) is 12.0 Å². The zero-order chi connectivity index (χ0) is 24.6. The Balaban J connectivity index is 1.46. The van der Waals surface area contributed by atoms with Gasteiger partial charge in [0.2, 0.25) is 0 Å². The Bertz CT molecular complexity index is 953. The molecule has 7 rings (SSSR count). The fourth-order valence-corrected chi connectivity index (χ4v) is 11.0. The first kappa shape index (κ1) is 23.5. The van der Waals surface area contributed by atoms with Crippen LogP contribution in [0.5, 0.6) is 0 Å². The summed E-state index contributed by atoms with van der Waals surface area (Å²) in [4.78, 5) is 12.8. The second kappa shape index (κ2) is 6.52. The van der Waals surface area contributed by atoms with E-state index >= 15 is 0 Å². The zero-order valence-corrected chi connectivity index (χ0v) is 22.3. The standard InChI is InChI=1S/C30H46O4/c1-24(2)11-13-28(23(31)32)14-12-26(5)19(20(28)17-24)7-8-22-27(26,6)10-9-21-25(3,4)30(33)16-15-29(21,22)18-34-30/h7,20-22,33H,8-18H2,1-6H3,(H,31,32)/t20-,21-,22-,26+,27+,28-,29+,30?/m0/s1. The molecule has 7 aliphatic rings. The van der Waals surface area contributed by atoms with E-state index in [0.717, 1.165) is 57.8 Å². The predicted octanol–water partition coefficient (Wildman–Crippen LogP) is 6.57. The molecule has 1 spiro atoms. The van der Waals surface area contributed by atoms with Gasteiger partial charge in [0, 0.05) is 17.3 Å². The second-order valence-electron chi connectivity index (χ2n) is 15.2. The van der Waals surface area contributed by atoms with Crippen LogP contribution in [0.25, 0.3) is 0 Å². The lowest BCUT2D eigenvalue weighted by molar-refractivity contribution is -0.395. The smallest absolute Gasteiger partial charge is 0.310 e. The highest BCUT2D eigenvalue weighted by Gasteiger charge is 2.74. The van der Waals surface area contributed by atoms with E-state index in [2.05, 4.69) is 47.6 Å². The van der Waals surface area contributed by atoms with E-state index in [0.29, 0.717) is 18.4 Å². The van der Waals surface area contributed by atoms with Crippen molar-refractivity contribution in [3.8, 4) is 0 Å². The van der Waals surface area contributed by atoms with Crippen molar-refractivity contribution in [2.24, 2.45) is 50.2 Å². The minimum absolute atomic E-state index is 0.0437. The van der Waals surface area contributed by atoms with Crippen LogP contribution in [-0.2, 0) is 9.53 Å². The first-order valence-electron chi connectivity index (χ1n) is 14.0. The number of hydrogen-bond acceptors (Lipinski definition) is 3. The second-order valence-corrected chi connectivity index (χ2v) is 15.2. The lowest BCUT2D eigenvalue weighted by Gasteiger charge is -2.74. The summed E-state index contributed by atoms with van der Waals surface area (Å²) in [6, 6.07) is 0. The van der Waals surface area contributed by atoms with Gasteiger partial charge in [0.25, 0.3) is 0 Å². The van der Waals surface area contributed by atoms with Gasteiger partial charge in [-0.3, -0.25) is 4.79 Å². The molecule has 34 heavy (non-hydrogen) atoms. The summed E-state index contributed by atoms with van der Waals surface area (Å²) in [5, 5.41) is 21.9. The highest BCUT2D eigenvalue weighted by atomic mass is 16.6. The van der Waals surface area contributed by atoms with Gasteiger partial charge in [0.15, 0.2) is 5.79 Å². The van der Waals surface area contributed by atoms with Crippen molar-refractivity contribution in [3.63, 3.8) is 0 Å². The molecule has 4 saturated carbocycles. The maximum absolute atomic E-state index is 12.8. The maximum Gasteiger partial charge on any atom is 0.310 e. The van der Waals surface area contributed by atoms with Crippen LogP contribution in [-0.4, -0.2) is 28.6 Å². The van der Waals surface area contributed by atoms with Gasteiger partial charge in [-0.15, -0.1) is 0 Å². The van der Waals surface area contributed by atoms with Crippen LogP contribution in [0.15, 0.2) is 11.6 Å². The molecule has 0 amide bonds. The summed E-state index contributed by atoms with van der Waals surface area (Å²) in [7, 11) is 0. The third kappa shape index (κ3) is 2.46. The van der Waals surface area contributed by atoms with E-state index in [4.69, 9.17) is 4.74 Å². The van der Waals surface area contributed by atoms with Crippen LogP contribution in [0.3, 0.4) is 0 Å². The van der Waals surface area contributed by atoms with Crippen molar-refractivity contribution >= 4 is 5.97 Å². The molecular formula is C30H46O4. The molecule has 2 heterocycles. The first-order valence-corrected chi connectivity index (χ1v) is 14.0. The molecule has 2 saturated heterocycles. The minimum Gasteiger partial charge on any atom is -0.481 e. The highest BCUT2D eigenvalue weighted by molar-refractivity contribution is 5.76. The van der Waals surface area contributed by atoms with Gasteiger partial charge in [-0.25, -0.2) is 0 Å². The molecule has 5 aliphatic carbocycles. The molecule has 0 aromatic carbocycles. The number of hydrogen-bond donors (Lipinski definition) is 2. The molecule has 4 nitrogen and oxygen atoms in total. The lowest BCUT2D eigenvalue weighted by Crippen LogP contribution is -2.73. The molecule has 6 fully saturated rings. The number of carboxylic acid groups (broad SMARTS) is 1. The van der Waals surface area contributed by atoms with E-state index in [1.54, 1.807) is 0 Å². The van der Waals surface area contributed by atoms with E-state index in [1.165, 1.54) is 12.0 Å². The van der Waals surface area contributed by atoms with Gasteiger partial charge >= 0.3 is 5.97 Å². The molecule has 0 radical (unpaired) electrons. The molecule has 2 aliphatic heterocycles. The topological polar surface area (TPSA) is 66.8 Å². The summed E-state index contributed by atoms with van der Waals surface area (Å²) >= 11 is 0. The molecule has 1 unspecified atom stereocenters. The summed E-state index contributed by atoms with van der Waals surface area (Å²) in [5.74, 6) is -0.354. The number of aliphatic hydroxyl groups is 1. The Morgan fingerprint density at radius 2 is 1.65 bits per heavy atom. The van der Waals surface area contributed by atoms with E-state index in [9.17, 15) is 15.0 Å². The van der Waals surface area contributed by atoms with E-state index in [-0.39, 0.29) is 33.0 Å². The average Bonchev–Trinajstić information content (AvgIpc) is 2.75.